The molecule has 0 heterocycles. The van der Waals surface area contributed by atoms with Gasteiger partial charge in [-0.15, -0.1) is 6.58 Å². The van der Waals surface area contributed by atoms with Gasteiger partial charge in [0, 0.05) is 19.3 Å². The molecule has 2 N–H and O–H groups in total. The van der Waals surface area contributed by atoms with Crippen LogP contribution in [-0.4, -0.2) is 39.2 Å². The van der Waals surface area contributed by atoms with E-state index in [0.29, 0.717) is 11.5 Å². The highest BCUT2D eigenvalue weighted by atomic mass is 32.2. The molecule has 0 radical (unpaired) electrons. The molecule has 2 rings (SSSR count). The summed E-state index contributed by atoms with van der Waals surface area (Å²) in [6.45, 7) is 5.77. The SMILES string of the molecule is C=CC(C)N=CC=C(N)S(=O)(=O)N(Cc1ccc(OC)cc1)Cc1ccc(OC)cc1. The van der Waals surface area contributed by atoms with E-state index in [1.807, 2.05) is 31.2 Å². The third-order valence-corrected chi connectivity index (χ3v) is 6.24. The van der Waals surface area contributed by atoms with Gasteiger partial charge >= 0.3 is 0 Å². The summed E-state index contributed by atoms with van der Waals surface area (Å²) in [6, 6.07) is 14.3. The van der Waals surface area contributed by atoms with Crippen molar-refractivity contribution in [1.29, 1.82) is 0 Å². The van der Waals surface area contributed by atoms with Crippen LogP contribution in [0.1, 0.15) is 18.1 Å². The zero-order valence-electron chi connectivity index (χ0n) is 18.1. The summed E-state index contributed by atoms with van der Waals surface area (Å²) < 4.78 is 38.1. The standard InChI is InChI=1S/C23H29N3O4S/c1-5-18(2)25-15-14-23(24)31(27,28)26(16-19-6-10-21(29-3)11-7-19)17-20-8-12-22(30-4)13-9-20/h5-15,18H,1,16-17,24H2,2-4H3. The number of methoxy groups -OCH3 is 2. The van der Waals surface area contributed by atoms with Gasteiger partial charge in [0.2, 0.25) is 0 Å². The first-order valence-corrected chi connectivity index (χ1v) is 11.1. The summed E-state index contributed by atoms with van der Waals surface area (Å²) in [4.78, 5) is 4.15. The number of hydrogen-bond acceptors (Lipinski definition) is 6. The molecule has 0 aliphatic heterocycles. The van der Waals surface area contributed by atoms with Crippen LogP contribution in [0.3, 0.4) is 0 Å². The maximum Gasteiger partial charge on any atom is 0.258 e. The number of benzene rings is 2. The molecule has 0 spiro atoms. The lowest BCUT2D eigenvalue weighted by Crippen LogP contribution is -2.33. The van der Waals surface area contributed by atoms with Crippen molar-refractivity contribution < 1.29 is 17.9 Å². The highest BCUT2D eigenvalue weighted by Crippen LogP contribution is 2.21. The van der Waals surface area contributed by atoms with Gasteiger partial charge in [0.1, 0.15) is 16.5 Å². The van der Waals surface area contributed by atoms with E-state index in [2.05, 4.69) is 11.6 Å². The zero-order chi connectivity index (χ0) is 22.9. The molecule has 31 heavy (non-hydrogen) atoms. The van der Waals surface area contributed by atoms with Crippen LogP contribution in [0.2, 0.25) is 0 Å². The fourth-order valence-corrected chi connectivity index (χ4v) is 3.81. The van der Waals surface area contributed by atoms with Crippen molar-refractivity contribution in [2.45, 2.75) is 26.1 Å². The van der Waals surface area contributed by atoms with Crippen LogP contribution in [0.5, 0.6) is 11.5 Å². The number of allylic oxidation sites excluding steroid dienone is 1. The van der Waals surface area contributed by atoms with Crippen LogP contribution in [0.25, 0.3) is 0 Å². The van der Waals surface area contributed by atoms with E-state index in [1.54, 1.807) is 44.6 Å². The Labute approximate surface area is 184 Å². The third-order valence-electron chi connectivity index (χ3n) is 4.57. The number of nitrogens with two attached hydrogens (primary N) is 1. The monoisotopic (exact) mass is 443 g/mol. The number of nitrogens with zero attached hydrogens (tertiary/aromatic N) is 2. The molecule has 1 unspecified atom stereocenters. The second-order valence-corrected chi connectivity index (χ2v) is 8.75. The van der Waals surface area contributed by atoms with Gasteiger partial charge in [-0.2, -0.15) is 4.31 Å². The van der Waals surface area contributed by atoms with Crippen LogP contribution in [-0.2, 0) is 23.1 Å². The van der Waals surface area contributed by atoms with E-state index in [4.69, 9.17) is 15.2 Å². The molecule has 8 heteroatoms. The van der Waals surface area contributed by atoms with Gasteiger partial charge < -0.3 is 15.2 Å². The molecule has 0 aliphatic carbocycles. The number of hydrogen-bond donors (Lipinski definition) is 1. The second-order valence-electron chi connectivity index (χ2n) is 6.81. The van der Waals surface area contributed by atoms with Gasteiger partial charge in [-0.25, -0.2) is 8.42 Å². The summed E-state index contributed by atoms with van der Waals surface area (Å²) in [7, 11) is -0.783. The van der Waals surface area contributed by atoms with Crippen molar-refractivity contribution in [2.75, 3.05) is 14.2 Å². The third kappa shape index (κ3) is 6.97. The summed E-state index contributed by atoms with van der Waals surface area (Å²) in [5, 5.41) is -0.283. The van der Waals surface area contributed by atoms with Gasteiger partial charge in [-0.1, -0.05) is 30.3 Å². The molecule has 0 aliphatic rings. The summed E-state index contributed by atoms with van der Waals surface area (Å²) in [6.07, 6.45) is 4.33. The lowest BCUT2D eigenvalue weighted by atomic mass is 10.2. The normalized spacial score (nSPS) is 13.4. The lowest BCUT2D eigenvalue weighted by molar-refractivity contribution is 0.401. The molecule has 0 bridgehead atoms. The molecular weight excluding hydrogens is 414 g/mol. The van der Waals surface area contributed by atoms with Crippen molar-refractivity contribution in [3.05, 3.63) is 83.4 Å². The molecule has 0 saturated carbocycles. The Balaban J connectivity index is 2.34. The van der Waals surface area contributed by atoms with E-state index in [0.717, 1.165) is 11.1 Å². The fourth-order valence-electron chi connectivity index (χ4n) is 2.64. The number of aliphatic imine (C=N–C) groups is 1. The predicted molar refractivity (Wildman–Crippen MR) is 125 cm³/mol. The maximum absolute atomic E-state index is 13.2. The number of sulfonamides is 1. The summed E-state index contributed by atoms with van der Waals surface area (Å²) in [5.41, 5.74) is 7.56. The van der Waals surface area contributed by atoms with Crippen LogP contribution in [0.4, 0.5) is 0 Å². The fraction of sp³-hybridized carbons (Fsp3) is 0.261. The van der Waals surface area contributed by atoms with Crippen LogP contribution < -0.4 is 15.2 Å². The maximum atomic E-state index is 13.2. The Morgan fingerprint density at radius 3 is 1.87 bits per heavy atom. The molecule has 166 valence electrons. The summed E-state index contributed by atoms with van der Waals surface area (Å²) >= 11 is 0. The Morgan fingerprint density at radius 2 is 1.48 bits per heavy atom. The van der Waals surface area contributed by atoms with Gasteiger partial charge in [0.15, 0.2) is 0 Å². The minimum absolute atomic E-state index is 0.138. The molecule has 0 amide bonds. The quantitative estimate of drug-likeness (QED) is 0.424. The van der Waals surface area contributed by atoms with Gasteiger partial charge in [0.25, 0.3) is 10.0 Å². The molecule has 1 atom stereocenters. The van der Waals surface area contributed by atoms with Crippen molar-refractivity contribution in [2.24, 2.45) is 10.7 Å². The Morgan fingerprint density at radius 1 is 1.03 bits per heavy atom. The van der Waals surface area contributed by atoms with Gasteiger partial charge in [0.05, 0.1) is 20.3 Å². The predicted octanol–water partition coefficient (Wildman–Crippen LogP) is 3.48. The highest BCUT2D eigenvalue weighted by molar-refractivity contribution is 7.92. The van der Waals surface area contributed by atoms with E-state index in [1.165, 1.54) is 16.6 Å². The van der Waals surface area contributed by atoms with Crippen molar-refractivity contribution in [3.63, 3.8) is 0 Å². The van der Waals surface area contributed by atoms with Crippen molar-refractivity contribution in [1.82, 2.24) is 4.31 Å². The molecule has 2 aromatic rings. The van der Waals surface area contributed by atoms with E-state index < -0.39 is 10.0 Å². The minimum atomic E-state index is -3.94. The largest absolute Gasteiger partial charge is 0.497 e. The smallest absolute Gasteiger partial charge is 0.258 e. The highest BCUT2D eigenvalue weighted by Gasteiger charge is 2.25. The first-order chi connectivity index (χ1) is 14.8. The van der Waals surface area contributed by atoms with Gasteiger partial charge in [-0.05, 0) is 48.4 Å². The van der Waals surface area contributed by atoms with Crippen LogP contribution >= 0.6 is 0 Å². The van der Waals surface area contributed by atoms with Crippen LogP contribution in [0.15, 0.2) is 77.3 Å². The molecule has 0 fully saturated rings. The Bertz CT molecular complexity index is 964. The van der Waals surface area contributed by atoms with Crippen molar-refractivity contribution in [3.8, 4) is 11.5 Å². The first-order valence-electron chi connectivity index (χ1n) is 9.67. The molecular formula is C23H29N3O4S. The van der Waals surface area contributed by atoms with Crippen molar-refractivity contribution >= 4 is 16.2 Å². The molecule has 7 nitrogen and oxygen atoms in total. The van der Waals surface area contributed by atoms with E-state index in [-0.39, 0.29) is 24.2 Å². The van der Waals surface area contributed by atoms with Crippen LogP contribution in [0, 0.1) is 0 Å². The Hall–Kier alpha value is -3.10. The average Bonchev–Trinajstić information content (AvgIpc) is 2.79. The number of ether oxygens (including phenoxy) is 2. The minimum Gasteiger partial charge on any atom is -0.497 e. The summed E-state index contributed by atoms with van der Waals surface area (Å²) in [5.74, 6) is 1.39. The number of rotatable bonds is 11. The zero-order valence-corrected chi connectivity index (χ0v) is 18.9. The molecule has 0 saturated heterocycles. The lowest BCUT2D eigenvalue weighted by Gasteiger charge is -2.22. The first kappa shape index (κ1) is 24.2. The van der Waals surface area contributed by atoms with Gasteiger partial charge in [-0.3, -0.25) is 4.99 Å². The van der Waals surface area contributed by atoms with E-state index in [9.17, 15) is 8.42 Å². The Kier molecular flexibility index (Phi) is 8.84. The topological polar surface area (TPSA) is 94.2 Å². The molecule has 2 aromatic carbocycles. The van der Waals surface area contributed by atoms with E-state index >= 15 is 0 Å². The second kappa shape index (κ2) is 11.3. The average molecular weight is 444 g/mol. The molecule has 0 aromatic heterocycles.